The van der Waals surface area contributed by atoms with Crippen molar-refractivity contribution in [2.24, 2.45) is 5.92 Å². The number of aromatic hydroxyl groups is 1. The highest BCUT2D eigenvalue weighted by Gasteiger charge is 2.17. The van der Waals surface area contributed by atoms with E-state index in [0.717, 1.165) is 31.0 Å². The van der Waals surface area contributed by atoms with E-state index in [1.165, 1.54) is 6.42 Å². The lowest BCUT2D eigenvalue weighted by Gasteiger charge is -2.02. The van der Waals surface area contributed by atoms with E-state index in [1.807, 2.05) is 0 Å². The second-order valence-electron chi connectivity index (χ2n) is 4.28. The van der Waals surface area contributed by atoms with Crippen LogP contribution in [0.5, 0.6) is 5.75 Å². The molecule has 16 heavy (non-hydrogen) atoms. The number of rotatable bonds is 2. The molecule has 0 saturated carbocycles. The number of hydrogen-bond donors (Lipinski definition) is 2. The Morgan fingerprint density at radius 1 is 1.50 bits per heavy atom. The highest BCUT2D eigenvalue weighted by Crippen LogP contribution is 2.15. The number of aromatic nitrogens is 3. The van der Waals surface area contributed by atoms with E-state index < -0.39 is 0 Å². The Bertz CT molecular complexity index is 502. The molecule has 2 N–H and O–H groups in total. The SMILES string of the molecule is Oc1ccc2nc(CC3CCNC3)nn2c1. The number of pyridine rings is 1. The summed E-state index contributed by atoms with van der Waals surface area (Å²) in [6, 6.07) is 3.41. The Morgan fingerprint density at radius 2 is 2.44 bits per heavy atom. The van der Waals surface area contributed by atoms with Gasteiger partial charge >= 0.3 is 0 Å². The molecule has 1 aliphatic heterocycles. The molecule has 1 saturated heterocycles. The van der Waals surface area contributed by atoms with Gasteiger partial charge < -0.3 is 10.4 Å². The fraction of sp³-hybridized carbons (Fsp3) is 0.455. The lowest BCUT2D eigenvalue weighted by atomic mass is 10.1. The Balaban J connectivity index is 1.86. The number of hydrogen-bond acceptors (Lipinski definition) is 4. The molecule has 5 heteroatoms. The first-order chi connectivity index (χ1) is 7.81. The zero-order valence-corrected chi connectivity index (χ0v) is 8.93. The zero-order valence-electron chi connectivity index (χ0n) is 8.93. The third-order valence-electron chi connectivity index (χ3n) is 2.99. The molecule has 1 atom stereocenters. The molecule has 1 aliphatic rings. The maximum atomic E-state index is 9.33. The van der Waals surface area contributed by atoms with E-state index in [2.05, 4.69) is 15.4 Å². The topological polar surface area (TPSA) is 62.5 Å². The molecule has 0 spiro atoms. The van der Waals surface area contributed by atoms with Crippen molar-refractivity contribution in [1.82, 2.24) is 19.9 Å². The minimum absolute atomic E-state index is 0.214. The maximum Gasteiger partial charge on any atom is 0.155 e. The predicted molar refractivity (Wildman–Crippen MR) is 59.3 cm³/mol. The molecule has 5 nitrogen and oxygen atoms in total. The maximum absolute atomic E-state index is 9.33. The van der Waals surface area contributed by atoms with Gasteiger partial charge in [-0.15, -0.1) is 0 Å². The molecule has 0 radical (unpaired) electrons. The van der Waals surface area contributed by atoms with Crippen molar-refractivity contribution < 1.29 is 5.11 Å². The molecule has 2 aromatic heterocycles. The summed E-state index contributed by atoms with van der Waals surface area (Å²) in [5, 5.41) is 17.0. The average molecular weight is 218 g/mol. The van der Waals surface area contributed by atoms with Crippen LogP contribution in [0.1, 0.15) is 12.2 Å². The summed E-state index contributed by atoms with van der Waals surface area (Å²) in [4.78, 5) is 4.43. The molecule has 1 fully saturated rings. The summed E-state index contributed by atoms with van der Waals surface area (Å²) < 4.78 is 1.63. The van der Waals surface area contributed by atoms with E-state index in [9.17, 15) is 5.11 Å². The summed E-state index contributed by atoms with van der Waals surface area (Å²) >= 11 is 0. The smallest absolute Gasteiger partial charge is 0.155 e. The highest BCUT2D eigenvalue weighted by molar-refractivity contribution is 5.40. The Kier molecular flexibility index (Phi) is 2.25. The molecule has 0 aromatic carbocycles. The van der Waals surface area contributed by atoms with Crippen LogP contribution in [0.4, 0.5) is 0 Å². The van der Waals surface area contributed by atoms with E-state index >= 15 is 0 Å². The van der Waals surface area contributed by atoms with Gasteiger partial charge in [-0.1, -0.05) is 0 Å². The number of fused-ring (bicyclic) bond motifs is 1. The van der Waals surface area contributed by atoms with E-state index in [1.54, 1.807) is 22.8 Å². The van der Waals surface area contributed by atoms with Crippen molar-refractivity contribution in [3.8, 4) is 5.75 Å². The van der Waals surface area contributed by atoms with E-state index in [-0.39, 0.29) is 5.75 Å². The molecular formula is C11H14N4O. The van der Waals surface area contributed by atoms with Gasteiger partial charge in [-0.3, -0.25) is 0 Å². The average Bonchev–Trinajstić information content (AvgIpc) is 2.86. The first kappa shape index (κ1) is 9.59. The van der Waals surface area contributed by atoms with Crippen LogP contribution in [-0.2, 0) is 6.42 Å². The Morgan fingerprint density at radius 3 is 3.25 bits per heavy atom. The minimum atomic E-state index is 0.214. The zero-order chi connectivity index (χ0) is 11.0. The van der Waals surface area contributed by atoms with Crippen LogP contribution in [0.25, 0.3) is 5.65 Å². The fourth-order valence-corrected chi connectivity index (χ4v) is 2.15. The predicted octanol–water partition coefficient (Wildman–Crippen LogP) is 0.587. The van der Waals surface area contributed by atoms with Gasteiger partial charge in [-0.25, -0.2) is 9.50 Å². The van der Waals surface area contributed by atoms with Crippen LogP contribution in [0, 0.1) is 5.92 Å². The first-order valence-electron chi connectivity index (χ1n) is 5.56. The molecule has 1 unspecified atom stereocenters. The fourth-order valence-electron chi connectivity index (χ4n) is 2.15. The third kappa shape index (κ3) is 1.74. The van der Waals surface area contributed by atoms with Gasteiger partial charge in [0.15, 0.2) is 11.5 Å². The summed E-state index contributed by atoms with van der Waals surface area (Å²) in [5.74, 6) is 1.72. The summed E-state index contributed by atoms with van der Waals surface area (Å²) in [6.45, 7) is 2.15. The van der Waals surface area contributed by atoms with Crippen molar-refractivity contribution in [3.05, 3.63) is 24.2 Å². The normalized spacial score (nSPS) is 20.6. The molecule has 0 amide bonds. The lowest BCUT2D eigenvalue weighted by molar-refractivity contribution is 0.470. The molecule has 0 bridgehead atoms. The van der Waals surface area contributed by atoms with Crippen molar-refractivity contribution in [3.63, 3.8) is 0 Å². The van der Waals surface area contributed by atoms with Gasteiger partial charge in [-0.2, -0.15) is 5.10 Å². The van der Waals surface area contributed by atoms with E-state index in [4.69, 9.17) is 0 Å². The first-order valence-corrected chi connectivity index (χ1v) is 5.56. The van der Waals surface area contributed by atoms with Gasteiger partial charge in [0.25, 0.3) is 0 Å². The van der Waals surface area contributed by atoms with Crippen LogP contribution in [0.15, 0.2) is 18.3 Å². The summed E-state index contributed by atoms with van der Waals surface area (Å²) in [5.41, 5.74) is 0.791. The van der Waals surface area contributed by atoms with Crippen LogP contribution in [-0.4, -0.2) is 32.8 Å². The number of nitrogens with one attached hydrogen (secondary N) is 1. The quantitative estimate of drug-likeness (QED) is 0.774. The Hall–Kier alpha value is -1.62. The van der Waals surface area contributed by atoms with Crippen LogP contribution in [0.2, 0.25) is 0 Å². The molecule has 3 heterocycles. The van der Waals surface area contributed by atoms with Gasteiger partial charge in [-0.05, 0) is 37.6 Å². The second kappa shape index (κ2) is 3.75. The highest BCUT2D eigenvalue weighted by atomic mass is 16.3. The monoisotopic (exact) mass is 218 g/mol. The van der Waals surface area contributed by atoms with Crippen molar-refractivity contribution in [2.45, 2.75) is 12.8 Å². The third-order valence-corrected chi connectivity index (χ3v) is 2.99. The minimum Gasteiger partial charge on any atom is -0.506 e. The second-order valence-corrected chi connectivity index (χ2v) is 4.28. The van der Waals surface area contributed by atoms with Gasteiger partial charge in [0.2, 0.25) is 0 Å². The summed E-state index contributed by atoms with van der Waals surface area (Å²) in [6.07, 6.45) is 3.69. The van der Waals surface area contributed by atoms with Gasteiger partial charge in [0, 0.05) is 6.42 Å². The molecular weight excluding hydrogens is 204 g/mol. The molecule has 3 rings (SSSR count). The van der Waals surface area contributed by atoms with E-state index in [0.29, 0.717) is 5.92 Å². The standard InChI is InChI=1S/C11H14N4O/c16-9-1-2-11-13-10(14-15(11)7-9)5-8-3-4-12-6-8/h1-2,7-8,12,16H,3-6H2. The van der Waals surface area contributed by atoms with Gasteiger partial charge in [0.1, 0.15) is 5.75 Å². The van der Waals surface area contributed by atoms with Crippen LogP contribution < -0.4 is 5.32 Å². The molecule has 2 aromatic rings. The Labute approximate surface area is 93.1 Å². The van der Waals surface area contributed by atoms with Crippen molar-refractivity contribution in [2.75, 3.05) is 13.1 Å². The van der Waals surface area contributed by atoms with Crippen molar-refractivity contribution >= 4 is 5.65 Å². The van der Waals surface area contributed by atoms with Crippen molar-refractivity contribution in [1.29, 1.82) is 0 Å². The van der Waals surface area contributed by atoms with Gasteiger partial charge in [0.05, 0.1) is 6.20 Å². The van der Waals surface area contributed by atoms with Crippen LogP contribution >= 0.6 is 0 Å². The summed E-state index contributed by atoms with van der Waals surface area (Å²) in [7, 11) is 0. The largest absolute Gasteiger partial charge is 0.506 e. The molecule has 84 valence electrons. The lowest BCUT2D eigenvalue weighted by Crippen LogP contribution is -2.11. The van der Waals surface area contributed by atoms with Crippen LogP contribution in [0.3, 0.4) is 0 Å². The molecule has 0 aliphatic carbocycles. The number of nitrogens with zero attached hydrogens (tertiary/aromatic N) is 3.